The van der Waals surface area contributed by atoms with E-state index in [4.69, 9.17) is 4.74 Å². The van der Waals surface area contributed by atoms with E-state index in [2.05, 4.69) is 15.5 Å². The van der Waals surface area contributed by atoms with E-state index in [1.165, 1.54) is 24.6 Å². The maximum absolute atomic E-state index is 14.0. The average molecular weight is 426 g/mol. The second-order valence-electron chi connectivity index (χ2n) is 8.06. The van der Waals surface area contributed by atoms with Crippen LogP contribution < -0.4 is 15.5 Å². The minimum atomic E-state index is -0.584. The third-order valence-corrected chi connectivity index (χ3v) is 5.83. The second-order valence-corrected chi connectivity index (χ2v) is 8.06. The molecule has 0 bridgehead atoms. The Morgan fingerprint density at radius 3 is 2.55 bits per heavy atom. The van der Waals surface area contributed by atoms with Crippen LogP contribution in [0.4, 0.5) is 15.8 Å². The van der Waals surface area contributed by atoms with Crippen molar-refractivity contribution in [3.8, 4) is 0 Å². The van der Waals surface area contributed by atoms with Gasteiger partial charge in [0.15, 0.2) is 0 Å². The van der Waals surface area contributed by atoms with Gasteiger partial charge in [-0.05, 0) is 62.4 Å². The van der Waals surface area contributed by atoms with Gasteiger partial charge in [0.05, 0.1) is 17.2 Å². The predicted molar refractivity (Wildman–Crippen MR) is 118 cm³/mol. The van der Waals surface area contributed by atoms with Crippen molar-refractivity contribution < 1.29 is 18.7 Å². The molecular weight excluding hydrogens is 397 g/mol. The van der Waals surface area contributed by atoms with Crippen molar-refractivity contribution in [1.29, 1.82) is 0 Å². The first-order valence-electron chi connectivity index (χ1n) is 11.0. The molecular formula is C24H28FN3O3. The highest BCUT2D eigenvalue weighted by atomic mass is 19.1. The van der Waals surface area contributed by atoms with Gasteiger partial charge in [0.25, 0.3) is 11.8 Å². The Morgan fingerprint density at radius 1 is 1.00 bits per heavy atom. The van der Waals surface area contributed by atoms with Crippen LogP contribution in [0.3, 0.4) is 0 Å². The molecule has 31 heavy (non-hydrogen) atoms. The number of nitrogens with one attached hydrogen (secondary N) is 2. The third-order valence-electron chi connectivity index (χ3n) is 5.83. The molecule has 0 radical (unpaired) electrons. The van der Waals surface area contributed by atoms with Crippen molar-refractivity contribution in [1.82, 2.24) is 5.32 Å². The second kappa shape index (κ2) is 9.92. The normalized spacial score (nSPS) is 18.6. The maximum atomic E-state index is 14.0. The van der Waals surface area contributed by atoms with Gasteiger partial charge in [-0.3, -0.25) is 9.59 Å². The molecule has 2 N–H and O–H groups in total. The molecule has 7 heteroatoms. The van der Waals surface area contributed by atoms with E-state index in [0.29, 0.717) is 17.8 Å². The van der Waals surface area contributed by atoms with Gasteiger partial charge in [0, 0.05) is 37.6 Å². The Morgan fingerprint density at radius 2 is 1.81 bits per heavy atom. The smallest absolute Gasteiger partial charge is 0.258 e. The zero-order valence-electron chi connectivity index (χ0n) is 17.5. The minimum Gasteiger partial charge on any atom is -0.376 e. The summed E-state index contributed by atoms with van der Waals surface area (Å²) >= 11 is 0. The molecule has 0 saturated carbocycles. The standard InChI is InChI=1S/C24H28FN3O3/c25-21-9-3-2-8-19(21)24(30)27-17-10-11-22(28-12-4-1-5-13-28)20(15-17)23(29)26-16-18-7-6-14-31-18/h2-3,8-11,15,18H,1,4-7,12-14,16H2,(H,26,29)(H,27,30)/t18-/m0/s1. The molecule has 164 valence electrons. The number of ether oxygens (including phenoxy) is 1. The summed E-state index contributed by atoms with van der Waals surface area (Å²) in [5.41, 5.74) is 1.78. The van der Waals surface area contributed by atoms with E-state index in [-0.39, 0.29) is 17.6 Å². The van der Waals surface area contributed by atoms with Crippen LogP contribution in [0.15, 0.2) is 42.5 Å². The van der Waals surface area contributed by atoms with Crippen molar-refractivity contribution in [3.63, 3.8) is 0 Å². The van der Waals surface area contributed by atoms with Crippen molar-refractivity contribution >= 4 is 23.2 Å². The van der Waals surface area contributed by atoms with Gasteiger partial charge in [-0.1, -0.05) is 12.1 Å². The van der Waals surface area contributed by atoms with Crippen LogP contribution in [0.25, 0.3) is 0 Å². The van der Waals surface area contributed by atoms with Crippen molar-refractivity contribution in [2.45, 2.75) is 38.2 Å². The number of halogens is 1. The number of rotatable bonds is 6. The van der Waals surface area contributed by atoms with Crippen LogP contribution in [0.1, 0.15) is 52.8 Å². The molecule has 2 aromatic rings. The molecule has 2 aromatic carbocycles. The number of anilines is 2. The summed E-state index contributed by atoms with van der Waals surface area (Å²) in [4.78, 5) is 27.8. The Balaban J connectivity index is 1.55. The van der Waals surface area contributed by atoms with Crippen LogP contribution in [-0.2, 0) is 4.74 Å². The van der Waals surface area contributed by atoms with Crippen LogP contribution in [-0.4, -0.2) is 44.2 Å². The number of benzene rings is 2. The van der Waals surface area contributed by atoms with Crippen molar-refractivity contribution in [3.05, 3.63) is 59.4 Å². The molecule has 2 amide bonds. The average Bonchev–Trinajstić information content (AvgIpc) is 3.32. The van der Waals surface area contributed by atoms with E-state index in [0.717, 1.165) is 51.1 Å². The van der Waals surface area contributed by atoms with Gasteiger partial charge in [-0.15, -0.1) is 0 Å². The predicted octanol–water partition coefficient (Wildman–Crippen LogP) is 3.98. The number of nitrogens with zero attached hydrogens (tertiary/aromatic N) is 1. The minimum absolute atomic E-state index is 0.0352. The van der Waals surface area contributed by atoms with Gasteiger partial charge < -0.3 is 20.3 Å². The van der Waals surface area contributed by atoms with Gasteiger partial charge >= 0.3 is 0 Å². The Bertz CT molecular complexity index is 937. The summed E-state index contributed by atoms with van der Waals surface area (Å²) in [5, 5.41) is 5.70. The highest BCUT2D eigenvalue weighted by molar-refractivity contribution is 6.06. The SMILES string of the molecule is O=C(Nc1ccc(N2CCCCC2)c(C(=O)NC[C@@H]2CCCO2)c1)c1ccccc1F. The molecule has 2 fully saturated rings. The van der Waals surface area contributed by atoms with Gasteiger partial charge in [0.2, 0.25) is 0 Å². The lowest BCUT2D eigenvalue weighted by atomic mass is 10.1. The monoisotopic (exact) mass is 425 g/mol. The molecule has 0 aliphatic carbocycles. The lowest BCUT2D eigenvalue weighted by molar-refractivity contribution is 0.0858. The van der Waals surface area contributed by atoms with Crippen LogP contribution >= 0.6 is 0 Å². The lowest BCUT2D eigenvalue weighted by Gasteiger charge is -2.30. The van der Waals surface area contributed by atoms with Gasteiger partial charge in [-0.25, -0.2) is 4.39 Å². The van der Waals surface area contributed by atoms with Gasteiger partial charge in [0.1, 0.15) is 5.82 Å². The lowest BCUT2D eigenvalue weighted by Crippen LogP contribution is -2.35. The van der Waals surface area contributed by atoms with E-state index < -0.39 is 11.7 Å². The number of carbonyl (C=O) groups excluding carboxylic acids is 2. The summed E-state index contributed by atoms with van der Waals surface area (Å²) in [6.45, 7) is 2.99. The number of hydrogen-bond acceptors (Lipinski definition) is 4. The highest BCUT2D eigenvalue weighted by Gasteiger charge is 2.22. The van der Waals surface area contributed by atoms with Crippen LogP contribution in [0, 0.1) is 5.82 Å². The molecule has 0 aromatic heterocycles. The van der Waals surface area contributed by atoms with Crippen LogP contribution in [0.5, 0.6) is 0 Å². The Kier molecular flexibility index (Phi) is 6.82. The fourth-order valence-corrected chi connectivity index (χ4v) is 4.16. The van der Waals surface area contributed by atoms with Gasteiger partial charge in [-0.2, -0.15) is 0 Å². The number of piperidine rings is 1. The Hall–Kier alpha value is -2.93. The van der Waals surface area contributed by atoms with E-state index in [1.807, 2.05) is 6.07 Å². The summed E-state index contributed by atoms with van der Waals surface area (Å²) in [5.74, 6) is -1.33. The van der Waals surface area contributed by atoms with E-state index >= 15 is 0 Å². The molecule has 1 atom stereocenters. The molecule has 2 saturated heterocycles. The molecule has 2 aliphatic rings. The first kappa shape index (κ1) is 21.3. The quantitative estimate of drug-likeness (QED) is 0.735. The third kappa shape index (κ3) is 5.22. The molecule has 2 heterocycles. The largest absolute Gasteiger partial charge is 0.376 e. The number of carbonyl (C=O) groups is 2. The summed E-state index contributed by atoms with van der Waals surface area (Å²) in [7, 11) is 0. The van der Waals surface area contributed by atoms with Crippen molar-refractivity contribution in [2.24, 2.45) is 0 Å². The molecule has 0 spiro atoms. The zero-order chi connectivity index (χ0) is 21.6. The number of amides is 2. The van der Waals surface area contributed by atoms with E-state index in [1.54, 1.807) is 18.2 Å². The zero-order valence-corrected chi connectivity index (χ0v) is 17.5. The fourth-order valence-electron chi connectivity index (χ4n) is 4.16. The topological polar surface area (TPSA) is 70.7 Å². The molecule has 2 aliphatic heterocycles. The maximum Gasteiger partial charge on any atom is 0.258 e. The first-order valence-corrected chi connectivity index (χ1v) is 11.0. The number of hydrogen-bond donors (Lipinski definition) is 2. The van der Waals surface area contributed by atoms with Crippen LogP contribution in [0.2, 0.25) is 0 Å². The Labute approximate surface area is 181 Å². The molecule has 6 nitrogen and oxygen atoms in total. The first-order chi connectivity index (χ1) is 15.1. The summed E-state index contributed by atoms with van der Waals surface area (Å²) in [6, 6.07) is 11.1. The summed E-state index contributed by atoms with van der Waals surface area (Å²) < 4.78 is 19.6. The summed E-state index contributed by atoms with van der Waals surface area (Å²) in [6.07, 6.45) is 5.36. The molecule has 0 unspecified atom stereocenters. The molecule has 4 rings (SSSR count). The fraction of sp³-hybridized carbons (Fsp3) is 0.417. The highest BCUT2D eigenvalue weighted by Crippen LogP contribution is 2.28. The van der Waals surface area contributed by atoms with E-state index in [9.17, 15) is 14.0 Å². The van der Waals surface area contributed by atoms with Crippen molar-refractivity contribution in [2.75, 3.05) is 36.5 Å².